The van der Waals surface area contributed by atoms with Gasteiger partial charge in [-0.3, -0.25) is 4.98 Å². The maximum atomic E-state index is 6.28. The number of pyridine rings is 1. The third kappa shape index (κ3) is 1.80. The number of benzene rings is 3. The minimum Gasteiger partial charge on any atom is -0.456 e. The molecule has 0 aliphatic rings. The van der Waals surface area contributed by atoms with E-state index in [1.54, 1.807) is 6.20 Å². The van der Waals surface area contributed by atoms with Gasteiger partial charge in [-0.1, -0.05) is 36.4 Å². The van der Waals surface area contributed by atoms with E-state index in [0.29, 0.717) is 0 Å². The number of furan rings is 2. The van der Waals surface area contributed by atoms with Gasteiger partial charge in [0, 0.05) is 33.3 Å². The van der Waals surface area contributed by atoms with E-state index in [9.17, 15) is 0 Å². The largest absolute Gasteiger partial charge is 0.456 e. The topological polar surface area (TPSA) is 39.2 Å². The van der Waals surface area contributed by atoms with E-state index < -0.39 is 0 Å². The number of hydrogen-bond acceptors (Lipinski definition) is 3. The second-order valence-electron chi connectivity index (χ2n) is 6.44. The fraction of sp³-hybridized carbons (Fsp3) is 0. The van der Waals surface area contributed by atoms with Crippen molar-refractivity contribution < 1.29 is 8.83 Å². The molecule has 3 aromatic heterocycles. The Bertz CT molecular complexity index is 1420. The molecule has 0 saturated carbocycles. The first-order valence-electron chi connectivity index (χ1n) is 8.56. The predicted molar refractivity (Wildman–Crippen MR) is 104 cm³/mol. The van der Waals surface area contributed by atoms with Crippen molar-refractivity contribution in [3.05, 3.63) is 79.0 Å². The van der Waals surface area contributed by atoms with Gasteiger partial charge >= 0.3 is 0 Å². The van der Waals surface area contributed by atoms with Gasteiger partial charge in [-0.2, -0.15) is 0 Å². The second-order valence-corrected chi connectivity index (χ2v) is 6.44. The highest BCUT2D eigenvalue weighted by Gasteiger charge is 2.15. The zero-order valence-electron chi connectivity index (χ0n) is 13.8. The summed E-state index contributed by atoms with van der Waals surface area (Å²) in [6.45, 7) is 0. The van der Waals surface area contributed by atoms with Gasteiger partial charge < -0.3 is 8.83 Å². The Balaban J connectivity index is 1.73. The van der Waals surface area contributed by atoms with Crippen LogP contribution in [0.15, 0.2) is 87.8 Å². The quantitative estimate of drug-likeness (QED) is 0.342. The molecule has 3 heterocycles. The lowest BCUT2D eigenvalue weighted by molar-refractivity contribution is 0.664. The van der Waals surface area contributed by atoms with Gasteiger partial charge in [0.15, 0.2) is 0 Å². The van der Waals surface area contributed by atoms with Gasteiger partial charge in [0.1, 0.15) is 22.3 Å². The molecule has 0 fully saturated rings. The fourth-order valence-corrected chi connectivity index (χ4v) is 3.74. The zero-order chi connectivity index (χ0) is 17.1. The molecule has 26 heavy (non-hydrogen) atoms. The Morgan fingerprint density at radius 3 is 2.23 bits per heavy atom. The Labute approximate surface area is 148 Å². The lowest BCUT2D eigenvalue weighted by Gasteiger charge is -2.00. The smallest absolute Gasteiger partial charge is 0.144 e. The van der Waals surface area contributed by atoms with Gasteiger partial charge in [0.05, 0.1) is 5.69 Å². The molecule has 0 amide bonds. The number of nitrogens with zero attached hydrogens (tertiary/aromatic N) is 1. The summed E-state index contributed by atoms with van der Waals surface area (Å²) in [4.78, 5) is 4.48. The van der Waals surface area contributed by atoms with Crippen molar-refractivity contribution >= 4 is 43.9 Å². The highest BCUT2D eigenvalue weighted by molar-refractivity contribution is 6.16. The monoisotopic (exact) mass is 335 g/mol. The van der Waals surface area contributed by atoms with Gasteiger partial charge in [0.25, 0.3) is 0 Å². The molecule has 0 saturated heterocycles. The molecule has 3 nitrogen and oxygen atoms in total. The summed E-state index contributed by atoms with van der Waals surface area (Å²) >= 11 is 0. The molecule has 6 rings (SSSR count). The summed E-state index contributed by atoms with van der Waals surface area (Å²) in [6, 6.07) is 24.3. The third-order valence-corrected chi connectivity index (χ3v) is 4.94. The molecule has 0 N–H and O–H groups in total. The van der Waals surface area contributed by atoms with Crippen LogP contribution < -0.4 is 0 Å². The molecule has 0 radical (unpaired) electrons. The van der Waals surface area contributed by atoms with Gasteiger partial charge in [0.2, 0.25) is 0 Å². The van der Waals surface area contributed by atoms with Crippen molar-refractivity contribution in [2.24, 2.45) is 0 Å². The van der Waals surface area contributed by atoms with Crippen molar-refractivity contribution in [1.82, 2.24) is 4.98 Å². The standard InChI is InChI=1S/C23H13NO2/c1-2-10-20-14(6-1)17-12-22-18(13-21(17)25-20)15-7-5-8-16(23(15)26-22)19-9-3-4-11-24-19/h1-13H. The second kappa shape index (κ2) is 4.96. The fourth-order valence-electron chi connectivity index (χ4n) is 3.74. The molecule has 6 aromatic rings. The van der Waals surface area contributed by atoms with Crippen molar-refractivity contribution in [3.8, 4) is 11.3 Å². The summed E-state index contributed by atoms with van der Waals surface area (Å²) in [7, 11) is 0. The molecule has 0 aliphatic heterocycles. The number of aromatic nitrogens is 1. The maximum Gasteiger partial charge on any atom is 0.144 e. The summed E-state index contributed by atoms with van der Waals surface area (Å²) in [6.07, 6.45) is 1.80. The molecule has 0 bridgehead atoms. The Hall–Kier alpha value is -3.59. The van der Waals surface area contributed by atoms with Crippen LogP contribution in [-0.4, -0.2) is 4.98 Å². The molecular formula is C23H13NO2. The van der Waals surface area contributed by atoms with Crippen LogP contribution in [0.3, 0.4) is 0 Å². The first-order valence-corrected chi connectivity index (χ1v) is 8.56. The van der Waals surface area contributed by atoms with E-state index >= 15 is 0 Å². The number of rotatable bonds is 1. The van der Waals surface area contributed by atoms with E-state index in [4.69, 9.17) is 8.83 Å². The number of hydrogen-bond donors (Lipinski definition) is 0. The van der Waals surface area contributed by atoms with Crippen LogP contribution in [0.25, 0.3) is 55.1 Å². The lowest BCUT2D eigenvalue weighted by atomic mass is 10.1. The minimum absolute atomic E-state index is 0.859. The first-order chi connectivity index (χ1) is 12.9. The summed E-state index contributed by atoms with van der Waals surface area (Å²) in [5.41, 5.74) is 5.41. The van der Waals surface area contributed by atoms with Crippen molar-refractivity contribution in [1.29, 1.82) is 0 Å². The van der Waals surface area contributed by atoms with Gasteiger partial charge in [-0.25, -0.2) is 0 Å². The zero-order valence-corrected chi connectivity index (χ0v) is 13.8. The lowest BCUT2D eigenvalue weighted by Crippen LogP contribution is -1.81. The highest BCUT2D eigenvalue weighted by Crippen LogP contribution is 2.39. The van der Waals surface area contributed by atoms with Gasteiger partial charge in [-0.15, -0.1) is 0 Å². The van der Waals surface area contributed by atoms with Crippen LogP contribution >= 0.6 is 0 Å². The Morgan fingerprint density at radius 1 is 0.577 bits per heavy atom. The van der Waals surface area contributed by atoms with E-state index in [0.717, 1.165) is 55.1 Å². The van der Waals surface area contributed by atoms with E-state index in [-0.39, 0.29) is 0 Å². The normalized spacial score (nSPS) is 11.8. The summed E-state index contributed by atoms with van der Waals surface area (Å²) < 4.78 is 12.3. The average Bonchev–Trinajstić information content (AvgIpc) is 3.24. The van der Waals surface area contributed by atoms with Crippen LogP contribution in [0.4, 0.5) is 0 Å². The van der Waals surface area contributed by atoms with E-state index in [1.165, 1.54) is 0 Å². The maximum absolute atomic E-state index is 6.28. The molecule has 0 atom stereocenters. The molecular weight excluding hydrogens is 322 g/mol. The van der Waals surface area contributed by atoms with Crippen molar-refractivity contribution in [2.75, 3.05) is 0 Å². The summed E-state index contributed by atoms with van der Waals surface area (Å²) in [5.74, 6) is 0. The van der Waals surface area contributed by atoms with Crippen LogP contribution in [0, 0.1) is 0 Å². The Kier molecular flexibility index (Phi) is 2.61. The number of para-hydroxylation sites is 2. The molecule has 0 aliphatic carbocycles. The highest BCUT2D eigenvalue weighted by atomic mass is 16.3. The predicted octanol–water partition coefficient (Wildman–Crippen LogP) is 6.55. The molecule has 0 unspecified atom stereocenters. The Morgan fingerprint density at radius 2 is 1.35 bits per heavy atom. The molecule has 3 aromatic carbocycles. The van der Waals surface area contributed by atoms with Gasteiger partial charge in [-0.05, 0) is 36.4 Å². The van der Waals surface area contributed by atoms with Crippen molar-refractivity contribution in [3.63, 3.8) is 0 Å². The average molecular weight is 335 g/mol. The van der Waals surface area contributed by atoms with Crippen LogP contribution in [-0.2, 0) is 0 Å². The van der Waals surface area contributed by atoms with E-state index in [1.807, 2.05) is 48.5 Å². The minimum atomic E-state index is 0.859. The molecule has 0 spiro atoms. The third-order valence-electron chi connectivity index (χ3n) is 4.94. The van der Waals surface area contributed by atoms with Crippen LogP contribution in [0.5, 0.6) is 0 Å². The molecule has 122 valence electrons. The van der Waals surface area contributed by atoms with Crippen molar-refractivity contribution in [2.45, 2.75) is 0 Å². The molecule has 3 heteroatoms. The SMILES string of the molecule is c1ccc(-c2cccc3c2oc2cc4c(cc23)oc2ccccc24)nc1. The van der Waals surface area contributed by atoms with Crippen LogP contribution in [0.2, 0.25) is 0 Å². The summed E-state index contributed by atoms with van der Waals surface area (Å²) in [5, 5.41) is 4.32. The van der Waals surface area contributed by atoms with Crippen LogP contribution in [0.1, 0.15) is 0 Å². The first kappa shape index (κ1) is 13.7. The number of fused-ring (bicyclic) bond motifs is 6. The van der Waals surface area contributed by atoms with E-state index in [2.05, 4.69) is 29.2 Å².